The summed E-state index contributed by atoms with van der Waals surface area (Å²) in [6.07, 6.45) is 0.132. The van der Waals surface area contributed by atoms with E-state index in [1.807, 2.05) is 0 Å². The van der Waals surface area contributed by atoms with Crippen LogP contribution in [-0.4, -0.2) is 36.2 Å². The third-order valence-electron chi connectivity index (χ3n) is 2.45. The van der Waals surface area contributed by atoms with Crippen LogP contribution in [0.5, 0.6) is 0 Å². The predicted molar refractivity (Wildman–Crippen MR) is 71.2 cm³/mol. The summed E-state index contributed by atoms with van der Waals surface area (Å²) in [6, 6.07) is 5.91. The van der Waals surface area contributed by atoms with Gasteiger partial charge in [0.05, 0.1) is 0 Å². The Balaban J connectivity index is 2.66. The fourth-order valence-corrected chi connectivity index (χ4v) is 1.73. The van der Waals surface area contributed by atoms with Crippen molar-refractivity contribution in [1.82, 2.24) is 5.32 Å². The van der Waals surface area contributed by atoms with Crippen LogP contribution in [0.1, 0.15) is 12.5 Å². The number of ether oxygens (including phenoxy) is 1. The van der Waals surface area contributed by atoms with E-state index in [9.17, 15) is 9.59 Å². The molecule has 0 unspecified atom stereocenters. The van der Waals surface area contributed by atoms with Gasteiger partial charge in [0.15, 0.2) is 0 Å². The summed E-state index contributed by atoms with van der Waals surface area (Å²) in [5, 5.41) is 12.0. The van der Waals surface area contributed by atoms with E-state index in [0.29, 0.717) is 17.2 Å². The molecule has 1 atom stereocenters. The second kappa shape index (κ2) is 7.76. The highest BCUT2D eigenvalue weighted by Crippen LogP contribution is 2.16. The Morgan fingerprint density at radius 3 is 2.68 bits per heavy atom. The molecule has 104 valence electrons. The Hall–Kier alpha value is -1.59. The maximum absolute atomic E-state index is 11.5. The molecule has 6 heteroatoms. The number of hydrogen-bond donors (Lipinski definition) is 2. The molecule has 1 aromatic carbocycles. The van der Waals surface area contributed by atoms with E-state index < -0.39 is 17.9 Å². The van der Waals surface area contributed by atoms with E-state index in [1.165, 1.54) is 0 Å². The van der Waals surface area contributed by atoms with Crippen LogP contribution >= 0.6 is 11.6 Å². The van der Waals surface area contributed by atoms with Crippen LogP contribution in [0.15, 0.2) is 24.3 Å². The minimum absolute atomic E-state index is 0.132. The second-order valence-electron chi connectivity index (χ2n) is 3.89. The zero-order valence-corrected chi connectivity index (χ0v) is 11.3. The average molecular weight is 286 g/mol. The van der Waals surface area contributed by atoms with E-state index in [1.54, 1.807) is 31.2 Å². The normalized spacial score (nSPS) is 11.9. The highest BCUT2D eigenvalue weighted by molar-refractivity contribution is 6.31. The number of amides is 1. The van der Waals surface area contributed by atoms with Crippen molar-refractivity contribution in [1.29, 1.82) is 0 Å². The first kappa shape index (κ1) is 15.5. The van der Waals surface area contributed by atoms with Gasteiger partial charge < -0.3 is 15.2 Å². The molecule has 0 heterocycles. The Morgan fingerprint density at radius 1 is 1.42 bits per heavy atom. The van der Waals surface area contributed by atoms with Gasteiger partial charge in [0.25, 0.3) is 0 Å². The van der Waals surface area contributed by atoms with Crippen molar-refractivity contribution in [2.24, 2.45) is 0 Å². The first-order valence-electron chi connectivity index (χ1n) is 5.88. The molecule has 1 rings (SSSR count). The molecule has 5 nitrogen and oxygen atoms in total. The molecular formula is C13H16ClNO4. The van der Waals surface area contributed by atoms with Gasteiger partial charge in [-0.05, 0) is 18.6 Å². The third-order valence-corrected chi connectivity index (χ3v) is 2.82. The molecule has 0 aliphatic rings. The van der Waals surface area contributed by atoms with Crippen molar-refractivity contribution in [3.8, 4) is 0 Å². The lowest BCUT2D eigenvalue weighted by Gasteiger charge is -2.15. The lowest BCUT2D eigenvalue weighted by molar-refractivity contribution is -0.142. The Kier molecular flexibility index (Phi) is 6.32. The second-order valence-corrected chi connectivity index (χ2v) is 4.30. The molecule has 0 saturated heterocycles. The summed E-state index contributed by atoms with van der Waals surface area (Å²) in [5.41, 5.74) is 0.674. The van der Waals surface area contributed by atoms with Gasteiger partial charge in [-0.25, -0.2) is 4.79 Å². The summed E-state index contributed by atoms with van der Waals surface area (Å²) in [7, 11) is 0. The number of aliphatic carboxylic acids is 1. The van der Waals surface area contributed by atoms with E-state index >= 15 is 0 Å². The Bertz CT molecular complexity index is 450. The predicted octanol–water partition coefficient (Wildman–Crippen LogP) is 1.49. The molecular weight excluding hydrogens is 270 g/mol. The van der Waals surface area contributed by atoms with Gasteiger partial charge in [-0.3, -0.25) is 4.79 Å². The molecule has 2 N–H and O–H groups in total. The number of carboxylic acid groups (broad SMARTS) is 1. The minimum atomic E-state index is -1.11. The van der Waals surface area contributed by atoms with Gasteiger partial charge in [0.2, 0.25) is 5.91 Å². The quantitative estimate of drug-likeness (QED) is 0.796. The van der Waals surface area contributed by atoms with Gasteiger partial charge in [-0.2, -0.15) is 0 Å². The molecule has 1 aromatic rings. The largest absolute Gasteiger partial charge is 0.480 e. The van der Waals surface area contributed by atoms with Gasteiger partial charge in [-0.1, -0.05) is 29.8 Å². The van der Waals surface area contributed by atoms with Crippen LogP contribution in [0, 0.1) is 0 Å². The lowest BCUT2D eigenvalue weighted by Crippen LogP contribution is -2.43. The monoisotopic (exact) mass is 285 g/mol. The fraction of sp³-hybridized carbons (Fsp3) is 0.385. The molecule has 1 amide bonds. The fourth-order valence-electron chi connectivity index (χ4n) is 1.51. The van der Waals surface area contributed by atoms with E-state index in [-0.39, 0.29) is 13.0 Å². The number of halogens is 1. The number of carboxylic acids is 1. The smallest absolute Gasteiger partial charge is 0.326 e. The van der Waals surface area contributed by atoms with Gasteiger partial charge in [0, 0.05) is 18.1 Å². The molecule has 0 aliphatic heterocycles. The molecule has 0 aliphatic carbocycles. The van der Waals surface area contributed by atoms with Crippen molar-refractivity contribution in [3.63, 3.8) is 0 Å². The van der Waals surface area contributed by atoms with Crippen LogP contribution in [-0.2, 0) is 20.7 Å². The van der Waals surface area contributed by atoms with Gasteiger partial charge >= 0.3 is 5.97 Å². The van der Waals surface area contributed by atoms with Crippen molar-refractivity contribution in [3.05, 3.63) is 34.9 Å². The molecule has 0 spiro atoms. The summed E-state index contributed by atoms with van der Waals surface area (Å²) in [5.74, 6) is -1.56. The molecule has 0 aromatic heterocycles. The SMILES string of the molecule is CCOCC(=O)N[C@H](Cc1ccccc1Cl)C(=O)O. The topological polar surface area (TPSA) is 75.6 Å². The third kappa shape index (κ3) is 5.28. The van der Waals surface area contributed by atoms with Gasteiger partial charge in [0.1, 0.15) is 12.6 Å². The van der Waals surface area contributed by atoms with Crippen LogP contribution < -0.4 is 5.32 Å². The Morgan fingerprint density at radius 2 is 2.11 bits per heavy atom. The van der Waals surface area contributed by atoms with Crippen molar-refractivity contribution in [2.75, 3.05) is 13.2 Å². The first-order chi connectivity index (χ1) is 9.04. The van der Waals surface area contributed by atoms with Crippen molar-refractivity contribution in [2.45, 2.75) is 19.4 Å². The van der Waals surface area contributed by atoms with E-state index in [0.717, 1.165) is 0 Å². The summed E-state index contributed by atoms with van der Waals surface area (Å²) >= 11 is 5.96. The summed E-state index contributed by atoms with van der Waals surface area (Å²) < 4.78 is 4.92. The lowest BCUT2D eigenvalue weighted by atomic mass is 10.1. The van der Waals surface area contributed by atoms with Crippen LogP contribution in [0.2, 0.25) is 5.02 Å². The highest BCUT2D eigenvalue weighted by Gasteiger charge is 2.21. The maximum Gasteiger partial charge on any atom is 0.326 e. The average Bonchev–Trinajstić information content (AvgIpc) is 2.38. The number of carbonyl (C=O) groups is 2. The Labute approximate surface area is 116 Å². The summed E-state index contributed by atoms with van der Waals surface area (Å²) in [4.78, 5) is 22.6. The minimum Gasteiger partial charge on any atom is -0.480 e. The first-order valence-corrected chi connectivity index (χ1v) is 6.25. The molecule has 0 bridgehead atoms. The molecule has 0 saturated carbocycles. The highest BCUT2D eigenvalue weighted by atomic mass is 35.5. The van der Waals surface area contributed by atoms with Crippen LogP contribution in [0.25, 0.3) is 0 Å². The van der Waals surface area contributed by atoms with E-state index in [2.05, 4.69) is 5.32 Å². The number of benzene rings is 1. The van der Waals surface area contributed by atoms with Crippen molar-refractivity contribution >= 4 is 23.5 Å². The van der Waals surface area contributed by atoms with Crippen molar-refractivity contribution < 1.29 is 19.4 Å². The van der Waals surface area contributed by atoms with Crippen LogP contribution in [0.3, 0.4) is 0 Å². The number of hydrogen-bond acceptors (Lipinski definition) is 3. The standard InChI is InChI=1S/C13H16ClNO4/c1-2-19-8-12(16)15-11(13(17)18)7-9-5-3-4-6-10(9)14/h3-6,11H,2,7-8H2,1H3,(H,15,16)(H,17,18)/t11-/m1/s1. The molecule has 19 heavy (non-hydrogen) atoms. The number of nitrogens with one attached hydrogen (secondary N) is 1. The maximum atomic E-state index is 11.5. The van der Waals surface area contributed by atoms with E-state index in [4.69, 9.17) is 21.4 Å². The zero-order valence-electron chi connectivity index (χ0n) is 10.6. The molecule has 0 radical (unpaired) electrons. The molecule has 0 fully saturated rings. The number of rotatable bonds is 7. The number of carbonyl (C=O) groups excluding carboxylic acids is 1. The summed E-state index contributed by atoms with van der Waals surface area (Å²) in [6.45, 7) is 2.00. The zero-order chi connectivity index (χ0) is 14.3. The van der Waals surface area contributed by atoms with Crippen LogP contribution in [0.4, 0.5) is 0 Å². The van der Waals surface area contributed by atoms with Gasteiger partial charge in [-0.15, -0.1) is 0 Å².